The first-order valence-electron chi connectivity index (χ1n) is 11.3. The van der Waals surface area contributed by atoms with Crippen LogP contribution in [0.3, 0.4) is 0 Å². The molecule has 0 radical (unpaired) electrons. The molecule has 0 aromatic heterocycles. The molecule has 1 atom stereocenters. The molecule has 2 N–H and O–H groups in total. The van der Waals surface area contributed by atoms with Gasteiger partial charge in [0.2, 0.25) is 0 Å². The fourth-order valence-corrected chi connectivity index (χ4v) is 4.30. The Kier molecular flexibility index (Phi) is 8.62. The Labute approximate surface area is 171 Å². The van der Waals surface area contributed by atoms with Crippen molar-refractivity contribution in [3.63, 3.8) is 0 Å². The van der Waals surface area contributed by atoms with Crippen LogP contribution in [-0.4, -0.2) is 61.6 Å². The maximum atomic E-state index is 4.80. The van der Waals surface area contributed by atoms with Crippen molar-refractivity contribution in [2.24, 2.45) is 10.9 Å². The van der Waals surface area contributed by atoms with Gasteiger partial charge >= 0.3 is 0 Å². The highest BCUT2D eigenvalue weighted by molar-refractivity contribution is 5.79. The first-order chi connectivity index (χ1) is 13.8. The van der Waals surface area contributed by atoms with Gasteiger partial charge < -0.3 is 15.5 Å². The van der Waals surface area contributed by atoms with E-state index in [0.29, 0.717) is 0 Å². The summed E-state index contributed by atoms with van der Waals surface area (Å²) < 4.78 is 0. The number of nitrogens with one attached hydrogen (secondary N) is 2. The van der Waals surface area contributed by atoms with Gasteiger partial charge in [-0.15, -0.1) is 0 Å². The lowest BCUT2D eigenvalue weighted by Crippen LogP contribution is -2.40. The monoisotopic (exact) mass is 385 g/mol. The number of hydrogen-bond donors (Lipinski definition) is 2. The van der Waals surface area contributed by atoms with Gasteiger partial charge in [0.1, 0.15) is 0 Å². The molecule has 2 fully saturated rings. The lowest BCUT2D eigenvalue weighted by Gasteiger charge is -2.17. The van der Waals surface area contributed by atoms with E-state index >= 15 is 0 Å². The van der Waals surface area contributed by atoms with Crippen LogP contribution in [-0.2, 0) is 13.1 Å². The van der Waals surface area contributed by atoms with E-state index in [2.05, 4.69) is 58.5 Å². The van der Waals surface area contributed by atoms with Gasteiger partial charge in [0, 0.05) is 26.2 Å². The van der Waals surface area contributed by atoms with Crippen LogP contribution < -0.4 is 10.6 Å². The first kappa shape index (κ1) is 21.1. The van der Waals surface area contributed by atoms with Gasteiger partial charge in [0.15, 0.2) is 5.96 Å². The van der Waals surface area contributed by atoms with Crippen molar-refractivity contribution in [1.29, 1.82) is 0 Å². The largest absolute Gasteiger partial charge is 0.357 e. The number of aliphatic imine (C=N–C) groups is 1. The maximum Gasteiger partial charge on any atom is 0.191 e. The van der Waals surface area contributed by atoms with Crippen molar-refractivity contribution in [2.45, 2.75) is 52.6 Å². The molecule has 1 unspecified atom stereocenters. The summed E-state index contributed by atoms with van der Waals surface area (Å²) in [5.41, 5.74) is 2.69. The highest BCUT2D eigenvalue weighted by Gasteiger charge is 2.21. The van der Waals surface area contributed by atoms with E-state index < -0.39 is 0 Å². The smallest absolute Gasteiger partial charge is 0.191 e. The summed E-state index contributed by atoms with van der Waals surface area (Å²) in [4.78, 5) is 9.93. The summed E-state index contributed by atoms with van der Waals surface area (Å²) in [7, 11) is 0. The quantitative estimate of drug-likeness (QED) is 0.506. The average Bonchev–Trinajstić information content (AvgIpc) is 3.38. The van der Waals surface area contributed by atoms with Crippen molar-refractivity contribution in [3.05, 3.63) is 35.4 Å². The number of rotatable bonds is 9. The van der Waals surface area contributed by atoms with Crippen LogP contribution in [0.15, 0.2) is 29.3 Å². The predicted octanol–water partition coefficient (Wildman–Crippen LogP) is 3.07. The third kappa shape index (κ3) is 6.78. The average molecular weight is 386 g/mol. The van der Waals surface area contributed by atoms with Crippen molar-refractivity contribution in [1.82, 2.24) is 20.4 Å². The van der Waals surface area contributed by atoms with Crippen LogP contribution in [0.1, 0.15) is 50.7 Å². The predicted molar refractivity (Wildman–Crippen MR) is 119 cm³/mol. The van der Waals surface area contributed by atoms with Crippen LogP contribution in [0.2, 0.25) is 0 Å². The van der Waals surface area contributed by atoms with Crippen molar-refractivity contribution in [2.75, 3.05) is 45.8 Å². The summed E-state index contributed by atoms with van der Waals surface area (Å²) in [6, 6.07) is 9.00. The highest BCUT2D eigenvalue weighted by atomic mass is 15.2. The number of hydrogen-bond acceptors (Lipinski definition) is 3. The minimum Gasteiger partial charge on any atom is -0.357 e. The second-order valence-corrected chi connectivity index (χ2v) is 8.33. The molecule has 1 aromatic carbocycles. The highest BCUT2D eigenvalue weighted by Crippen LogP contribution is 2.16. The minimum atomic E-state index is 0.728. The number of nitrogens with zero attached hydrogens (tertiary/aromatic N) is 3. The van der Waals surface area contributed by atoms with Gasteiger partial charge in [0.05, 0.1) is 6.54 Å². The second-order valence-electron chi connectivity index (χ2n) is 8.33. The first-order valence-corrected chi connectivity index (χ1v) is 11.3. The van der Waals surface area contributed by atoms with Crippen molar-refractivity contribution < 1.29 is 0 Å². The molecular weight excluding hydrogens is 346 g/mol. The molecule has 2 aliphatic rings. The molecule has 0 spiro atoms. The Balaban J connectivity index is 1.45. The fraction of sp³-hybridized carbons (Fsp3) is 0.696. The van der Waals surface area contributed by atoms with Gasteiger partial charge in [-0.25, -0.2) is 4.99 Å². The second kappa shape index (κ2) is 11.4. The molecule has 3 rings (SSSR count). The minimum absolute atomic E-state index is 0.728. The Morgan fingerprint density at radius 1 is 1.00 bits per heavy atom. The van der Waals surface area contributed by atoms with Crippen LogP contribution in [0.5, 0.6) is 0 Å². The molecule has 2 heterocycles. The zero-order valence-electron chi connectivity index (χ0n) is 17.9. The Bertz CT molecular complexity index is 592. The lowest BCUT2D eigenvalue weighted by atomic mass is 10.1. The van der Waals surface area contributed by atoms with Gasteiger partial charge in [0.25, 0.3) is 0 Å². The lowest BCUT2D eigenvalue weighted by molar-refractivity contribution is 0.324. The number of guanidine groups is 1. The molecule has 0 bridgehead atoms. The van der Waals surface area contributed by atoms with Gasteiger partial charge in [-0.3, -0.25) is 4.90 Å². The van der Waals surface area contributed by atoms with E-state index in [9.17, 15) is 0 Å². The Morgan fingerprint density at radius 3 is 2.46 bits per heavy atom. The van der Waals surface area contributed by atoms with Crippen LogP contribution in [0.25, 0.3) is 0 Å². The molecule has 0 aliphatic carbocycles. The molecule has 0 saturated carbocycles. The third-order valence-electron chi connectivity index (χ3n) is 5.86. The Morgan fingerprint density at radius 2 is 1.75 bits per heavy atom. The van der Waals surface area contributed by atoms with Crippen LogP contribution in [0, 0.1) is 5.92 Å². The summed E-state index contributed by atoms with van der Waals surface area (Å²) in [6.07, 6.45) is 5.25. The van der Waals surface area contributed by atoms with Crippen LogP contribution >= 0.6 is 0 Å². The molecule has 0 amide bonds. The standard InChI is InChI=1S/C23H39N5/c1-3-12-27-15-11-22(19-27)17-26-23(24-4-2)25-16-20-7-9-21(10-8-20)18-28-13-5-6-14-28/h7-10,22H,3-6,11-19H2,1-2H3,(H2,24,25,26). The molecule has 156 valence electrons. The van der Waals surface area contributed by atoms with E-state index in [-0.39, 0.29) is 0 Å². The zero-order chi connectivity index (χ0) is 19.6. The van der Waals surface area contributed by atoms with Gasteiger partial charge in [-0.05, 0) is 75.8 Å². The van der Waals surface area contributed by atoms with Gasteiger partial charge in [-0.1, -0.05) is 31.2 Å². The van der Waals surface area contributed by atoms with E-state index in [1.807, 2.05) is 0 Å². The van der Waals surface area contributed by atoms with E-state index in [1.54, 1.807) is 0 Å². The molecule has 28 heavy (non-hydrogen) atoms. The number of likely N-dealkylation sites (tertiary alicyclic amines) is 2. The molecule has 5 nitrogen and oxygen atoms in total. The van der Waals surface area contributed by atoms with Crippen molar-refractivity contribution >= 4 is 5.96 Å². The van der Waals surface area contributed by atoms with Gasteiger partial charge in [-0.2, -0.15) is 0 Å². The Hall–Kier alpha value is -1.59. The molecule has 2 saturated heterocycles. The maximum absolute atomic E-state index is 4.80. The molecule has 1 aromatic rings. The van der Waals surface area contributed by atoms with E-state index in [4.69, 9.17) is 4.99 Å². The third-order valence-corrected chi connectivity index (χ3v) is 5.86. The summed E-state index contributed by atoms with van der Waals surface area (Å²) in [6.45, 7) is 14.3. The topological polar surface area (TPSA) is 42.9 Å². The molecule has 2 aliphatic heterocycles. The normalized spacial score (nSPS) is 21.4. The van der Waals surface area contributed by atoms with Crippen molar-refractivity contribution in [3.8, 4) is 0 Å². The molecule has 5 heteroatoms. The van der Waals surface area contributed by atoms with E-state index in [0.717, 1.165) is 38.1 Å². The molecular formula is C23H39N5. The van der Waals surface area contributed by atoms with E-state index in [1.165, 1.54) is 69.5 Å². The number of benzene rings is 1. The summed E-state index contributed by atoms with van der Waals surface area (Å²) in [5, 5.41) is 6.95. The van der Waals surface area contributed by atoms with Crippen LogP contribution in [0.4, 0.5) is 0 Å². The fourth-order valence-electron chi connectivity index (χ4n) is 4.30. The zero-order valence-corrected chi connectivity index (χ0v) is 17.9. The summed E-state index contributed by atoms with van der Waals surface area (Å²) in [5.74, 6) is 1.68. The summed E-state index contributed by atoms with van der Waals surface area (Å²) >= 11 is 0. The SMILES string of the molecule is CCCN1CCC(CNC(=NCc2ccc(CN3CCCC3)cc2)NCC)C1.